The number of amides is 1. The minimum Gasteiger partial charge on any atom is -0.475 e. The van der Waals surface area contributed by atoms with Crippen molar-refractivity contribution in [2.45, 2.75) is 33.2 Å². The molecular formula is C20H21N3O4. The van der Waals surface area contributed by atoms with E-state index in [4.69, 9.17) is 9.52 Å². The minimum absolute atomic E-state index is 0.0804. The summed E-state index contributed by atoms with van der Waals surface area (Å²) < 4.78 is 6.93. The number of hydrogen-bond donors (Lipinski definition) is 2. The zero-order valence-corrected chi connectivity index (χ0v) is 15.4. The summed E-state index contributed by atoms with van der Waals surface area (Å²) >= 11 is 0. The Bertz CT molecular complexity index is 968. The van der Waals surface area contributed by atoms with Crippen LogP contribution < -0.4 is 5.32 Å². The van der Waals surface area contributed by atoms with Crippen LogP contribution in [0.15, 0.2) is 47.0 Å². The van der Waals surface area contributed by atoms with E-state index in [0.717, 1.165) is 16.9 Å². The van der Waals surface area contributed by atoms with Crippen molar-refractivity contribution < 1.29 is 19.1 Å². The maximum absolute atomic E-state index is 12.7. The summed E-state index contributed by atoms with van der Waals surface area (Å²) in [6, 6.07) is 10.8. The van der Waals surface area contributed by atoms with E-state index in [2.05, 4.69) is 10.4 Å². The number of aromatic nitrogens is 2. The average molecular weight is 367 g/mol. The topological polar surface area (TPSA) is 97.4 Å². The number of nitrogens with zero attached hydrogens (tertiary/aromatic N) is 2. The molecule has 0 aliphatic heterocycles. The van der Waals surface area contributed by atoms with E-state index < -0.39 is 5.97 Å². The van der Waals surface area contributed by atoms with Crippen LogP contribution in [-0.2, 0) is 6.54 Å². The van der Waals surface area contributed by atoms with Crippen molar-refractivity contribution in [2.75, 3.05) is 0 Å². The number of furan rings is 1. The second kappa shape index (κ2) is 7.49. The summed E-state index contributed by atoms with van der Waals surface area (Å²) in [5.41, 5.74) is 3.33. The Hall–Kier alpha value is -3.35. The van der Waals surface area contributed by atoms with E-state index in [1.54, 1.807) is 10.9 Å². The third-order valence-electron chi connectivity index (χ3n) is 4.17. The van der Waals surface area contributed by atoms with Crippen molar-refractivity contribution in [3.63, 3.8) is 0 Å². The van der Waals surface area contributed by atoms with Crippen LogP contribution in [0, 0.1) is 6.92 Å². The molecule has 0 aliphatic carbocycles. The number of aryl methyl sites for hydroxylation is 1. The van der Waals surface area contributed by atoms with Gasteiger partial charge in [-0.15, -0.1) is 0 Å². The van der Waals surface area contributed by atoms with E-state index in [1.165, 1.54) is 12.1 Å². The van der Waals surface area contributed by atoms with Gasteiger partial charge in [-0.25, -0.2) is 9.48 Å². The lowest BCUT2D eigenvalue weighted by molar-refractivity contribution is 0.0660. The number of hydrogen-bond acceptors (Lipinski definition) is 4. The van der Waals surface area contributed by atoms with Gasteiger partial charge in [0.1, 0.15) is 5.76 Å². The molecule has 1 amide bonds. The molecule has 0 saturated carbocycles. The molecule has 27 heavy (non-hydrogen) atoms. The summed E-state index contributed by atoms with van der Waals surface area (Å²) in [7, 11) is 0. The van der Waals surface area contributed by atoms with Gasteiger partial charge in [0.05, 0.1) is 29.7 Å². The maximum Gasteiger partial charge on any atom is 0.371 e. The van der Waals surface area contributed by atoms with E-state index in [9.17, 15) is 9.59 Å². The van der Waals surface area contributed by atoms with Gasteiger partial charge in [-0.3, -0.25) is 4.79 Å². The number of carboxylic acid groups (broad SMARTS) is 1. The van der Waals surface area contributed by atoms with Crippen LogP contribution in [-0.4, -0.2) is 26.8 Å². The highest BCUT2D eigenvalue weighted by molar-refractivity contribution is 5.95. The molecule has 0 aliphatic rings. The first-order valence-corrected chi connectivity index (χ1v) is 8.62. The molecule has 0 bridgehead atoms. The molecular weight excluding hydrogens is 346 g/mol. The van der Waals surface area contributed by atoms with Crippen LogP contribution in [0.4, 0.5) is 0 Å². The highest BCUT2D eigenvalue weighted by Gasteiger charge is 2.21. The molecule has 2 N–H and O–H groups in total. The fourth-order valence-electron chi connectivity index (χ4n) is 2.83. The second-order valence-electron chi connectivity index (χ2n) is 6.60. The Labute approximate surface area is 156 Å². The van der Waals surface area contributed by atoms with Crippen molar-refractivity contribution in [1.29, 1.82) is 0 Å². The molecule has 1 aromatic carbocycles. The fraction of sp³-hybridized carbons (Fsp3) is 0.250. The quantitative estimate of drug-likeness (QED) is 0.695. The van der Waals surface area contributed by atoms with Crippen LogP contribution in [0.3, 0.4) is 0 Å². The van der Waals surface area contributed by atoms with E-state index >= 15 is 0 Å². The predicted octanol–water partition coefficient (Wildman–Crippen LogP) is 3.53. The first-order valence-electron chi connectivity index (χ1n) is 8.62. The van der Waals surface area contributed by atoms with Crippen molar-refractivity contribution in [2.24, 2.45) is 0 Å². The Morgan fingerprint density at radius 1 is 1.19 bits per heavy atom. The third-order valence-corrected chi connectivity index (χ3v) is 4.17. The van der Waals surface area contributed by atoms with Gasteiger partial charge in [-0.2, -0.15) is 5.10 Å². The predicted molar refractivity (Wildman–Crippen MR) is 99.2 cm³/mol. The van der Waals surface area contributed by atoms with E-state index in [0.29, 0.717) is 11.3 Å². The maximum atomic E-state index is 12.7. The SMILES string of the molecule is Cc1ccc(-n2ncc(C(=O)NCc3ccc(C(=O)O)o3)c2C(C)C)cc1. The van der Waals surface area contributed by atoms with Crippen LogP contribution >= 0.6 is 0 Å². The molecule has 0 spiro atoms. The van der Waals surface area contributed by atoms with Crippen LogP contribution in [0.1, 0.15) is 57.7 Å². The van der Waals surface area contributed by atoms with Gasteiger partial charge in [-0.05, 0) is 37.1 Å². The van der Waals surface area contributed by atoms with Gasteiger partial charge in [0.25, 0.3) is 5.91 Å². The average Bonchev–Trinajstić information content (AvgIpc) is 3.27. The molecule has 3 rings (SSSR count). The molecule has 0 radical (unpaired) electrons. The molecule has 0 atom stereocenters. The molecule has 3 aromatic rings. The van der Waals surface area contributed by atoms with Crippen LogP contribution in [0.5, 0.6) is 0 Å². The lowest BCUT2D eigenvalue weighted by Crippen LogP contribution is -2.24. The first kappa shape index (κ1) is 18.4. The zero-order chi connectivity index (χ0) is 19.6. The number of carbonyl (C=O) groups is 2. The summed E-state index contributed by atoms with van der Waals surface area (Å²) in [4.78, 5) is 23.5. The molecule has 0 unspecified atom stereocenters. The van der Waals surface area contributed by atoms with Crippen molar-refractivity contribution in [1.82, 2.24) is 15.1 Å². The molecule has 0 saturated heterocycles. The standard InChI is InChI=1S/C20H21N3O4/c1-12(2)18-16(11-22-23(18)14-6-4-13(3)5-7-14)19(24)21-10-15-8-9-17(27-15)20(25)26/h4-9,11-12H,10H2,1-3H3,(H,21,24)(H,25,26). The van der Waals surface area contributed by atoms with Crippen LogP contribution in [0.2, 0.25) is 0 Å². The Balaban J connectivity index is 1.81. The number of aromatic carboxylic acids is 1. The van der Waals surface area contributed by atoms with Crippen LogP contribution in [0.25, 0.3) is 5.69 Å². The zero-order valence-electron chi connectivity index (χ0n) is 15.4. The highest BCUT2D eigenvalue weighted by atomic mass is 16.4. The summed E-state index contributed by atoms with van der Waals surface area (Å²) in [6.45, 7) is 6.12. The number of rotatable bonds is 6. The fourth-order valence-corrected chi connectivity index (χ4v) is 2.83. The Kier molecular flexibility index (Phi) is 5.12. The minimum atomic E-state index is -1.14. The third kappa shape index (κ3) is 3.92. The number of carbonyl (C=O) groups excluding carboxylic acids is 1. The van der Waals surface area contributed by atoms with Crippen molar-refractivity contribution >= 4 is 11.9 Å². The van der Waals surface area contributed by atoms with Gasteiger partial charge >= 0.3 is 5.97 Å². The van der Waals surface area contributed by atoms with Gasteiger partial charge in [0, 0.05) is 0 Å². The summed E-state index contributed by atoms with van der Waals surface area (Å²) in [5, 5.41) is 16.0. The smallest absolute Gasteiger partial charge is 0.371 e. The normalized spacial score (nSPS) is 11.0. The molecule has 2 aromatic heterocycles. The first-order chi connectivity index (χ1) is 12.9. The molecule has 0 fully saturated rings. The van der Waals surface area contributed by atoms with Gasteiger partial charge in [0.2, 0.25) is 5.76 Å². The Morgan fingerprint density at radius 3 is 2.48 bits per heavy atom. The highest BCUT2D eigenvalue weighted by Crippen LogP contribution is 2.23. The van der Waals surface area contributed by atoms with Crippen molar-refractivity contribution in [3.8, 4) is 5.69 Å². The lowest BCUT2D eigenvalue weighted by Gasteiger charge is -2.13. The number of carboxylic acids is 1. The molecule has 140 valence electrons. The lowest BCUT2D eigenvalue weighted by atomic mass is 10.0. The number of benzene rings is 1. The van der Waals surface area contributed by atoms with E-state index in [1.807, 2.05) is 45.0 Å². The van der Waals surface area contributed by atoms with Crippen molar-refractivity contribution in [3.05, 3.63) is 70.9 Å². The monoisotopic (exact) mass is 367 g/mol. The largest absolute Gasteiger partial charge is 0.475 e. The molecule has 2 heterocycles. The van der Waals surface area contributed by atoms with Gasteiger partial charge < -0.3 is 14.8 Å². The summed E-state index contributed by atoms with van der Waals surface area (Å²) in [5.74, 6) is -1.14. The van der Waals surface area contributed by atoms with Gasteiger partial charge in [0.15, 0.2) is 0 Å². The summed E-state index contributed by atoms with van der Waals surface area (Å²) in [6.07, 6.45) is 1.55. The Morgan fingerprint density at radius 2 is 1.89 bits per heavy atom. The molecule has 7 heteroatoms. The van der Waals surface area contributed by atoms with Gasteiger partial charge in [-0.1, -0.05) is 31.5 Å². The van der Waals surface area contributed by atoms with E-state index in [-0.39, 0.29) is 24.1 Å². The second-order valence-corrected chi connectivity index (χ2v) is 6.60. The number of nitrogens with one attached hydrogen (secondary N) is 1. The molecule has 7 nitrogen and oxygen atoms in total.